The molecule has 0 bridgehead atoms. The van der Waals surface area contributed by atoms with Crippen LogP contribution in [-0.2, 0) is 4.74 Å². The lowest BCUT2D eigenvalue weighted by Crippen LogP contribution is -2.36. The van der Waals surface area contributed by atoms with Crippen molar-refractivity contribution in [3.05, 3.63) is 72.8 Å². The fourth-order valence-corrected chi connectivity index (χ4v) is 3.81. The zero-order valence-corrected chi connectivity index (χ0v) is 14.1. The minimum Gasteiger partial charge on any atom is -0.378 e. The van der Waals surface area contributed by atoms with Crippen molar-refractivity contribution >= 4 is 22.1 Å². The van der Waals surface area contributed by atoms with Crippen LogP contribution in [0.15, 0.2) is 72.8 Å². The number of aromatic nitrogens is 1. The van der Waals surface area contributed by atoms with Crippen molar-refractivity contribution < 1.29 is 4.74 Å². The number of para-hydroxylation sites is 1. The molecule has 2 aromatic carbocycles. The Labute approximate surface area is 147 Å². The van der Waals surface area contributed by atoms with E-state index in [1.54, 1.807) is 0 Å². The number of nitrogens with zero attached hydrogens (tertiary/aromatic N) is 2. The van der Waals surface area contributed by atoms with E-state index in [2.05, 4.69) is 82.1 Å². The SMILES string of the molecule is c1ccc(-c2cc(N3CCOCC3)c3ccc4ccccc4n23)cc1. The minimum atomic E-state index is 0.797. The summed E-state index contributed by atoms with van der Waals surface area (Å²) in [6.07, 6.45) is 0. The normalized spacial score (nSPS) is 15.1. The molecule has 0 saturated carbocycles. The third kappa shape index (κ3) is 2.39. The van der Waals surface area contributed by atoms with Crippen molar-refractivity contribution in [1.82, 2.24) is 4.40 Å². The Morgan fingerprint density at radius 2 is 1.48 bits per heavy atom. The molecule has 0 atom stereocenters. The van der Waals surface area contributed by atoms with Crippen LogP contribution >= 0.6 is 0 Å². The van der Waals surface area contributed by atoms with Gasteiger partial charge in [-0.05, 0) is 29.1 Å². The first-order valence-electron chi connectivity index (χ1n) is 8.83. The molecule has 3 nitrogen and oxygen atoms in total. The van der Waals surface area contributed by atoms with Crippen molar-refractivity contribution in [3.63, 3.8) is 0 Å². The standard InChI is InChI=1S/C22H20N2O/c1-2-6-17(7-3-1)21-16-22(23-12-14-25-15-13-23)20-11-10-18-8-4-5-9-19(18)24(20)21/h1-11,16H,12-15H2. The summed E-state index contributed by atoms with van der Waals surface area (Å²) in [7, 11) is 0. The lowest BCUT2D eigenvalue weighted by atomic mass is 10.1. The van der Waals surface area contributed by atoms with E-state index < -0.39 is 0 Å². The van der Waals surface area contributed by atoms with Crippen LogP contribution in [0, 0.1) is 0 Å². The maximum atomic E-state index is 5.55. The summed E-state index contributed by atoms with van der Waals surface area (Å²) < 4.78 is 7.94. The predicted molar refractivity (Wildman–Crippen MR) is 103 cm³/mol. The number of morpholine rings is 1. The van der Waals surface area contributed by atoms with E-state index >= 15 is 0 Å². The van der Waals surface area contributed by atoms with Gasteiger partial charge in [-0.3, -0.25) is 0 Å². The number of rotatable bonds is 2. The first kappa shape index (κ1) is 14.6. The van der Waals surface area contributed by atoms with Gasteiger partial charge in [0.2, 0.25) is 0 Å². The van der Waals surface area contributed by atoms with Crippen LogP contribution in [0.4, 0.5) is 5.69 Å². The van der Waals surface area contributed by atoms with E-state index in [9.17, 15) is 0 Å². The summed E-state index contributed by atoms with van der Waals surface area (Å²) in [5, 5.41) is 1.26. The maximum absolute atomic E-state index is 5.55. The first-order chi connectivity index (χ1) is 12.4. The van der Waals surface area contributed by atoms with Crippen molar-refractivity contribution in [3.8, 4) is 11.3 Å². The molecule has 3 heterocycles. The molecule has 2 aromatic heterocycles. The van der Waals surface area contributed by atoms with E-state index in [1.807, 2.05) is 0 Å². The monoisotopic (exact) mass is 328 g/mol. The summed E-state index contributed by atoms with van der Waals surface area (Å²) in [4.78, 5) is 2.44. The molecule has 0 spiro atoms. The highest BCUT2D eigenvalue weighted by atomic mass is 16.5. The van der Waals surface area contributed by atoms with Crippen LogP contribution in [0.2, 0.25) is 0 Å². The molecule has 1 aliphatic heterocycles. The van der Waals surface area contributed by atoms with Gasteiger partial charge in [-0.25, -0.2) is 0 Å². The Morgan fingerprint density at radius 3 is 2.32 bits per heavy atom. The number of hydrogen-bond acceptors (Lipinski definition) is 2. The zero-order chi connectivity index (χ0) is 16.6. The highest BCUT2D eigenvalue weighted by Gasteiger charge is 2.19. The zero-order valence-electron chi connectivity index (χ0n) is 14.1. The van der Waals surface area contributed by atoms with Gasteiger partial charge in [-0.2, -0.15) is 0 Å². The van der Waals surface area contributed by atoms with Crippen molar-refractivity contribution in [2.75, 3.05) is 31.2 Å². The molecule has 0 radical (unpaired) electrons. The number of anilines is 1. The Kier molecular flexibility index (Phi) is 3.46. The highest BCUT2D eigenvalue weighted by molar-refractivity contribution is 5.92. The van der Waals surface area contributed by atoms with E-state index in [0.29, 0.717) is 0 Å². The summed E-state index contributed by atoms with van der Waals surface area (Å²) >= 11 is 0. The van der Waals surface area contributed by atoms with Crippen molar-refractivity contribution in [1.29, 1.82) is 0 Å². The largest absolute Gasteiger partial charge is 0.378 e. The molecule has 25 heavy (non-hydrogen) atoms. The number of hydrogen-bond donors (Lipinski definition) is 0. The van der Waals surface area contributed by atoms with Crippen LogP contribution in [0.25, 0.3) is 27.7 Å². The fraction of sp³-hybridized carbons (Fsp3) is 0.182. The minimum absolute atomic E-state index is 0.797. The van der Waals surface area contributed by atoms with Gasteiger partial charge in [0, 0.05) is 13.1 Å². The van der Waals surface area contributed by atoms with Crippen molar-refractivity contribution in [2.45, 2.75) is 0 Å². The molecule has 1 fully saturated rings. The van der Waals surface area contributed by atoms with Crippen LogP contribution in [-0.4, -0.2) is 30.7 Å². The Bertz CT molecular complexity index is 1030. The smallest absolute Gasteiger partial charge is 0.0696 e. The lowest BCUT2D eigenvalue weighted by molar-refractivity contribution is 0.123. The van der Waals surface area contributed by atoms with Gasteiger partial charge >= 0.3 is 0 Å². The maximum Gasteiger partial charge on any atom is 0.0696 e. The van der Waals surface area contributed by atoms with Gasteiger partial charge in [-0.15, -0.1) is 0 Å². The Balaban J connectivity index is 1.83. The van der Waals surface area contributed by atoms with Crippen LogP contribution in [0.1, 0.15) is 0 Å². The summed E-state index contributed by atoms with van der Waals surface area (Å²) in [5.41, 5.74) is 6.30. The van der Waals surface area contributed by atoms with Crippen LogP contribution in [0.3, 0.4) is 0 Å². The summed E-state index contributed by atoms with van der Waals surface area (Å²) in [6, 6.07) is 26.1. The average Bonchev–Trinajstić information content (AvgIpc) is 3.09. The molecular formula is C22H20N2O. The quantitative estimate of drug-likeness (QED) is 0.535. The fourth-order valence-electron chi connectivity index (χ4n) is 3.81. The molecule has 3 heteroatoms. The van der Waals surface area contributed by atoms with E-state index in [0.717, 1.165) is 26.3 Å². The molecule has 124 valence electrons. The lowest BCUT2D eigenvalue weighted by Gasteiger charge is -2.28. The van der Waals surface area contributed by atoms with Crippen LogP contribution < -0.4 is 4.90 Å². The second-order valence-corrected chi connectivity index (χ2v) is 6.49. The molecule has 0 unspecified atom stereocenters. The van der Waals surface area contributed by atoms with Gasteiger partial charge in [-0.1, -0.05) is 54.6 Å². The van der Waals surface area contributed by atoms with Gasteiger partial charge in [0.05, 0.1) is 35.6 Å². The second kappa shape index (κ2) is 5.94. The van der Waals surface area contributed by atoms with Gasteiger partial charge in [0.1, 0.15) is 0 Å². The third-order valence-electron chi connectivity index (χ3n) is 5.04. The Morgan fingerprint density at radius 1 is 0.720 bits per heavy atom. The molecule has 1 saturated heterocycles. The molecule has 0 amide bonds. The number of pyridine rings is 1. The second-order valence-electron chi connectivity index (χ2n) is 6.49. The van der Waals surface area contributed by atoms with Crippen molar-refractivity contribution in [2.24, 2.45) is 0 Å². The van der Waals surface area contributed by atoms with E-state index in [-0.39, 0.29) is 0 Å². The molecule has 0 N–H and O–H groups in total. The third-order valence-corrected chi connectivity index (χ3v) is 5.04. The molecule has 5 rings (SSSR count). The number of benzene rings is 2. The van der Waals surface area contributed by atoms with Gasteiger partial charge in [0.25, 0.3) is 0 Å². The number of ether oxygens (including phenoxy) is 1. The molecule has 0 aliphatic carbocycles. The molecule has 4 aromatic rings. The van der Waals surface area contributed by atoms with E-state index in [4.69, 9.17) is 4.74 Å². The van der Waals surface area contributed by atoms with Crippen LogP contribution in [0.5, 0.6) is 0 Å². The Hall–Kier alpha value is -2.78. The molecule has 1 aliphatic rings. The van der Waals surface area contributed by atoms with Gasteiger partial charge < -0.3 is 14.0 Å². The summed E-state index contributed by atoms with van der Waals surface area (Å²) in [6.45, 7) is 3.48. The predicted octanol–water partition coefficient (Wildman–Crippen LogP) is 4.60. The highest BCUT2D eigenvalue weighted by Crippen LogP contribution is 2.35. The number of fused-ring (bicyclic) bond motifs is 3. The first-order valence-corrected chi connectivity index (χ1v) is 8.83. The topological polar surface area (TPSA) is 16.9 Å². The summed E-state index contributed by atoms with van der Waals surface area (Å²) in [5.74, 6) is 0. The molecular weight excluding hydrogens is 308 g/mol. The van der Waals surface area contributed by atoms with E-state index in [1.165, 1.54) is 33.4 Å². The van der Waals surface area contributed by atoms with Gasteiger partial charge in [0.15, 0.2) is 0 Å². The average molecular weight is 328 g/mol.